The van der Waals surface area contributed by atoms with Gasteiger partial charge in [-0.25, -0.2) is 4.39 Å². The molecule has 0 aromatic heterocycles. The molecule has 1 heterocycles. The minimum Gasteiger partial charge on any atom is -0.488 e. The number of thiocarbonyl (C=S) groups is 1. The summed E-state index contributed by atoms with van der Waals surface area (Å²) in [5, 5.41) is 2.82. The molecule has 10 heteroatoms. The van der Waals surface area contributed by atoms with Gasteiger partial charge in [0.25, 0.3) is 11.8 Å². The molecule has 0 aliphatic carbocycles. The van der Waals surface area contributed by atoms with E-state index in [-0.39, 0.29) is 38.8 Å². The van der Waals surface area contributed by atoms with Crippen LogP contribution in [0.2, 0.25) is 10.0 Å². The molecule has 1 saturated heterocycles. The number of benzene rings is 3. The second-order valence-electron chi connectivity index (χ2n) is 7.14. The third kappa shape index (κ3) is 5.25. The zero-order chi connectivity index (χ0) is 24.4. The Morgan fingerprint density at radius 1 is 1.09 bits per heavy atom. The van der Waals surface area contributed by atoms with Gasteiger partial charge in [-0.1, -0.05) is 47.5 Å². The van der Waals surface area contributed by atoms with Crippen LogP contribution >= 0.6 is 58.0 Å². The minimum atomic E-state index is -0.626. The second-order valence-corrected chi connectivity index (χ2v) is 9.47. The molecule has 0 radical (unpaired) electrons. The molecule has 0 atom stereocenters. The quantitative estimate of drug-likeness (QED) is 0.160. The van der Waals surface area contributed by atoms with Crippen LogP contribution in [-0.2, 0) is 16.2 Å². The van der Waals surface area contributed by atoms with Crippen molar-refractivity contribution < 1.29 is 18.7 Å². The molecule has 0 bridgehead atoms. The Labute approximate surface area is 223 Å². The van der Waals surface area contributed by atoms with E-state index < -0.39 is 11.8 Å². The van der Waals surface area contributed by atoms with Gasteiger partial charge in [-0.05, 0) is 88.4 Å². The molecule has 5 nitrogen and oxygen atoms in total. The normalized spacial score (nSPS) is 15.0. The van der Waals surface area contributed by atoms with E-state index in [2.05, 4.69) is 27.9 Å². The molecular weight excluding hydrogens is 613 g/mol. The third-order valence-electron chi connectivity index (χ3n) is 4.82. The lowest BCUT2D eigenvalue weighted by Gasteiger charge is -2.29. The van der Waals surface area contributed by atoms with Crippen LogP contribution in [0.15, 0.2) is 66.2 Å². The van der Waals surface area contributed by atoms with Gasteiger partial charge < -0.3 is 4.74 Å². The van der Waals surface area contributed by atoms with Crippen molar-refractivity contribution in [3.8, 4) is 5.75 Å². The van der Waals surface area contributed by atoms with Crippen molar-refractivity contribution >= 4 is 86.7 Å². The van der Waals surface area contributed by atoms with Crippen LogP contribution in [0.1, 0.15) is 11.1 Å². The first-order chi connectivity index (χ1) is 16.2. The molecule has 3 aromatic rings. The fraction of sp³-hybridized carbons (Fsp3) is 0.0417. The number of halogens is 4. The van der Waals surface area contributed by atoms with Crippen LogP contribution in [0.3, 0.4) is 0 Å². The van der Waals surface area contributed by atoms with Gasteiger partial charge in [0, 0.05) is 0 Å². The van der Waals surface area contributed by atoms with Crippen molar-refractivity contribution in [1.82, 2.24) is 5.32 Å². The molecule has 0 unspecified atom stereocenters. The maximum atomic E-state index is 13.4. The summed E-state index contributed by atoms with van der Waals surface area (Å²) in [6.07, 6.45) is 1.46. The average molecular weight is 627 g/mol. The molecule has 172 valence electrons. The van der Waals surface area contributed by atoms with Crippen molar-refractivity contribution in [2.75, 3.05) is 4.90 Å². The van der Waals surface area contributed by atoms with Gasteiger partial charge in [0.15, 0.2) is 5.11 Å². The van der Waals surface area contributed by atoms with Gasteiger partial charge in [-0.2, -0.15) is 0 Å². The molecule has 1 aliphatic rings. The summed E-state index contributed by atoms with van der Waals surface area (Å²) in [6, 6.07) is 16.1. The Morgan fingerprint density at radius 2 is 1.85 bits per heavy atom. The van der Waals surface area contributed by atoms with E-state index in [1.807, 2.05) is 0 Å². The Morgan fingerprint density at radius 3 is 2.59 bits per heavy atom. The van der Waals surface area contributed by atoms with Crippen LogP contribution < -0.4 is 15.0 Å². The predicted molar refractivity (Wildman–Crippen MR) is 143 cm³/mol. The van der Waals surface area contributed by atoms with Crippen molar-refractivity contribution in [1.29, 1.82) is 0 Å². The average Bonchev–Trinajstić information content (AvgIpc) is 2.79. The number of hydrogen-bond donors (Lipinski definition) is 1. The summed E-state index contributed by atoms with van der Waals surface area (Å²) in [5.41, 5.74) is 1.45. The van der Waals surface area contributed by atoms with Gasteiger partial charge in [-0.15, -0.1) is 0 Å². The van der Waals surface area contributed by atoms with Crippen molar-refractivity contribution in [3.05, 3.63) is 96.8 Å². The fourth-order valence-electron chi connectivity index (χ4n) is 3.22. The highest BCUT2D eigenvalue weighted by Crippen LogP contribution is 2.34. The van der Waals surface area contributed by atoms with E-state index in [9.17, 15) is 14.0 Å². The maximum Gasteiger partial charge on any atom is 0.270 e. The number of carbonyl (C=O) groups excluding carboxylic acids is 2. The third-order valence-corrected chi connectivity index (χ3v) is 6.76. The molecule has 0 saturated carbocycles. The van der Waals surface area contributed by atoms with Gasteiger partial charge in [0.05, 0.1) is 19.3 Å². The highest BCUT2D eigenvalue weighted by molar-refractivity contribution is 14.1. The van der Waals surface area contributed by atoms with Gasteiger partial charge in [0.1, 0.15) is 23.7 Å². The number of amides is 2. The molecule has 1 aliphatic heterocycles. The molecule has 34 heavy (non-hydrogen) atoms. The Hall–Kier alpha value is -2.53. The number of nitrogens with one attached hydrogen (secondary N) is 1. The van der Waals surface area contributed by atoms with Crippen molar-refractivity contribution in [2.45, 2.75) is 6.61 Å². The standard InChI is InChI=1S/C24H14Cl2FIN2O3S/c25-17-5-2-6-19(21(17)26)30-23(32)16(22(31)29-24(30)34)10-13-7-8-20(18(28)11-13)33-12-14-3-1-4-15(27)9-14/h1-11H,12H2,(H,29,31,34)/b16-10+. The van der Waals surface area contributed by atoms with E-state index in [0.717, 1.165) is 8.47 Å². The smallest absolute Gasteiger partial charge is 0.270 e. The van der Waals surface area contributed by atoms with E-state index in [1.54, 1.807) is 48.5 Å². The van der Waals surface area contributed by atoms with Crippen LogP contribution in [-0.4, -0.2) is 16.9 Å². The first-order valence-corrected chi connectivity index (χ1v) is 12.0. The fourth-order valence-corrected chi connectivity index (χ4v) is 4.57. The zero-order valence-electron chi connectivity index (χ0n) is 17.2. The van der Waals surface area contributed by atoms with Crippen LogP contribution in [0.4, 0.5) is 10.1 Å². The number of hydrogen-bond acceptors (Lipinski definition) is 4. The summed E-state index contributed by atoms with van der Waals surface area (Å²) in [6.45, 7) is 0.196. The van der Waals surface area contributed by atoms with Crippen molar-refractivity contribution in [2.24, 2.45) is 0 Å². The molecular formula is C24H14Cl2FIN2O3S. The van der Waals surface area contributed by atoms with Gasteiger partial charge in [-0.3, -0.25) is 19.8 Å². The summed E-state index contributed by atoms with van der Waals surface area (Å²) >= 11 is 19.6. The van der Waals surface area contributed by atoms with E-state index in [1.165, 1.54) is 18.2 Å². The second kappa shape index (κ2) is 10.4. The Bertz CT molecular complexity index is 1370. The van der Waals surface area contributed by atoms with Gasteiger partial charge >= 0.3 is 0 Å². The molecule has 3 aromatic carbocycles. The summed E-state index contributed by atoms with van der Waals surface area (Å²) in [7, 11) is 0. The first kappa shape index (κ1) is 24.6. The number of anilines is 1. The minimum absolute atomic E-state index is 0.0907. The van der Waals surface area contributed by atoms with Crippen LogP contribution in [0.25, 0.3) is 6.08 Å². The highest BCUT2D eigenvalue weighted by Gasteiger charge is 2.35. The molecule has 1 N–H and O–H groups in total. The Kier molecular flexibility index (Phi) is 7.51. The Balaban J connectivity index is 1.59. The van der Waals surface area contributed by atoms with E-state index in [0.29, 0.717) is 16.9 Å². The predicted octanol–water partition coefficient (Wildman–Crippen LogP) is 6.15. The topological polar surface area (TPSA) is 58.6 Å². The molecule has 1 fully saturated rings. The molecule has 4 rings (SSSR count). The number of ether oxygens (including phenoxy) is 1. The first-order valence-electron chi connectivity index (χ1n) is 9.77. The van der Waals surface area contributed by atoms with E-state index >= 15 is 0 Å². The van der Waals surface area contributed by atoms with Crippen LogP contribution in [0.5, 0.6) is 5.75 Å². The highest BCUT2D eigenvalue weighted by atomic mass is 127. The lowest BCUT2D eigenvalue weighted by atomic mass is 10.1. The zero-order valence-corrected chi connectivity index (χ0v) is 21.6. The SMILES string of the molecule is O=C1NC(=S)N(c2cccc(Cl)c2Cl)C(=O)/C1=C/c1ccc(OCc2cccc(F)c2)c(I)c1. The summed E-state index contributed by atoms with van der Waals surface area (Å²) in [5.74, 6) is -0.995. The molecule has 2 amide bonds. The maximum absolute atomic E-state index is 13.4. The molecule has 0 spiro atoms. The van der Waals surface area contributed by atoms with E-state index in [4.69, 9.17) is 40.2 Å². The summed E-state index contributed by atoms with van der Waals surface area (Å²) in [4.78, 5) is 26.9. The van der Waals surface area contributed by atoms with Crippen LogP contribution in [0, 0.1) is 9.39 Å². The van der Waals surface area contributed by atoms with Gasteiger partial charge in [0.2, 0.25) is 0 Å². The number of nitrogens with zero attached hydrogens (tertiary/aromatic N) is 1. The summed E-state index contributed by atoms with van der Waals surface area (Å²) < 4.78 is 19.9. The lowest BCUT2D eigenvalue weighted by molar-refractivity contribution is -0.122. The monoisotopic (exact) mass is 626 g/mol. The van der Waals surface area contributed by atoms with Crippen molar-refractivity contribution in [3.63, 3.8) is 0 Å². The lowest BCUT2D eigenvalue weighted by Crippen LogP contribution is -2.54. The number of carbonyl (C=O) groups is 2. The largest absolute Gasteiger partial charge is 0.488 e. The number of rotatable bonds is 5.